The first-order chi connectivity index (χ1) is 11.0. The maximum absolute atomic E-state index is 6.00. The van der Waals surface area contributed by atoms with E-state index >= 15 is 0 Å². The standard InChI is InChI=1S/C18H21N3OS/c1-11(2)10-22-15-7-5-14(6-8-15)17-16(9-19)21-12(3)13(4)23-18(21)20-17/h5-8H,1,9-10,19H2,2-4H3. The number of fused-ring (bicyclic) bond motifs is 1. The fourth-order valence-corrected chi connectivity index (χ4v) is 3.54. The molecule has 3 rings (SSSR count). The topological polar surface area (TPSA) is 52.5 Å². The Balaban J connectivity index is 1.98. The molecule has 0 atom stereocenters. The van der Waals surface area contributed by atoms with Gasteiger partial charge in [0.2, 0.25) is 0 Å². The quantitative estimate of drug-likeness (QED) is 0.718. The summed E-state index contributed by atoms with van der Waals surface area (Å²) >= 11 is 1.70. The van der Waals surface area contributed by atoms with Gasteiger partial charge in [-0.25, -0.2) is 4.98 Å². The van der Waals surface area contributed by atoms with E-state index in [2.05, 4.69) is 24.8 Å². The van der Waals surface area contributed by atoms with Gasteiger partial charge in [-0.2, -0.15) is 0 Å². The summed E-state index contributed by atoms with van der Waals surface area (Å²) in [6.45, 7) is 11.0. The molecule has 0 fully saturated rings. The molecule has 0 saturated heterocycles. The number of benzene rings is 1. The van der Waals surface area contributed by atoms with Crippen molar-refractivity contribution < 1.29 is 4.74 Å². The molecule has 0 aliphatic heterocycles. The minimum absolute atomic E-state index is 0.460. The Morgan fingerprint density at radius 2 is 2.00 bits per heavy atom. The van der Waals surface area contributed by atoms with E-state index in [1.54, 1.807) is 11.3 Å². The van der Waals surface area contributed by atoms with E-state index in [9.17, 15) is 0 Å². The fraction of sp³-hybridized carbons (Fsp3) is 0.278. The van der Waals surface area contributed by atoms with Crippen molar-refractivity contribution in [1.29, 1.82) is 0 Å². The number of rotatable bonds is 5. The Morgan fingerprint density at radius 3 is 2.61 bits per heavy atom. The van der Waals surface area contributed by atoms with Crippen molar-refractivity contribution in [2.45, 2.75) is 27.3 Å². The molecule has 0 radical (unpaired) electrons. The third-order valence-corrected chi connectivity index (χ3v) is 4.90. The number of aryl methyl sites for hydroxylation is 2. The Kier molecular flexibility index (Phi) is 4.24. The molecule has 0 aliphatic carbocycles. The average molecular weight is 327 g/mol. The monoisotopic (exact) mass is 327 g/mol. The summed E-state index contributed by atoms with van der Waals surface area (Å²) in [5.74, 6) is 0.832. The predicted octanol–water partition coefficient (Wildman–Crippen LogP) is 4.09. The molecule has 3 aromatic rings. The van der Waals surface area contributed by atoms with Crippen LogP contribution in [0.1, 0.15) is 23.2 Å². The number of aromatic nitrogens is 2. The van der Waals surface area contributed by atoms with Gasteiger partial charge in [-0.05, 0) is 50.6 Å². The molecule has 0 spiro atoms. The molecular weight excluding hydrogens is 306 g/mol. The number of imidazole rings is 1. The molecule has 0 aliphatic rings. The molecule has 2 heterocycles. The third-order valence-electron chi connectivity index (χ3n) is 3.84. The van der Waals surface area contributed by atoms with Crippen LogP contribution in [-0.2, 0) is 6.54 Å². The normalized spacial score (nSPS) is 11.1. The number of nitrogens with zero attached hydrogens (tertiary/aromatic N) is 2. The van der Waals surface area contributed by atoms with E-state index in [1.807, 2.05) is 31.2 Å². The third kappa shape index (κ3) is 2.90. The van der Waals surface area contributed by atoms with Crippen molar-refractivity contribution in [2.75, 3.05) is 6.61 Å². The molecule has 2 N–H and O–H groups in total. The highest BCUT2D eigenvalue weighted by Crippen LogP contribution is 2.31. The summed E-state index contributed by atoms with van der Waals surface area (Å²) in [6.07, 6.45) is 0. The summed E-state index contributed by atoms with van der Waals surface area (Å²) < 4.78 is 7.81. The lowest BCUT2D eigenvalue weighted by atomic mass is 10.1. The molecule has 0 amide bonds. The average Bonchev–Trinajstić information content (AvgIpc) is 3.02. The van der Waals surface area contributed by atoms with Gasteiger partial charge in [-0.1, -0.05) is 6.58 Å². The van der Waals surface area contributed by atoms with Gasteiger partial charge in [-0.3, -0.25) is 4.40 Å². The number of hydrogen-bond donors (Lipinski definition) is 1. The Morgan fingerprint density at radius 1 is 1.30 bits per heavy atom. The first-order valence-electron chi connectivity index (χ1n) is 7.56. The largest absolute Gasteiger partial charge is 0.489 e. The van der Waals surface area contributed by atoms with Crippen molar-refractivity contribution in [1.82, 2.24) is 9.38 Å². The van der Waals surface area contributed by atoms with E-state index in [0.29, 0.717) is 13.2 Å². The smallest absolute Gasteiger partial charge is 0.194 e. The van der Waals surface area contributed by atoms with E-state index in [-0.39, 0.29) is 0 Å². The van der Waals surface area contributed by atoms with Gasteiger partial charge in [0.25, 0.3) is 0 Å². The molecule has 23 heavy (non-hydrogen) atoms. The van der Waals surface area contributed by atoms with Crippen LogP contribution in [-0.4, -0.2) is 16.0 Å². The zero-order chi connectivity index (χ0) is 16.6. The van der Waals surface area contributed by atoms with Gasteiger partial charge in [0, 0.05) is 22.7 Å². The van der Waals surface area contributed by atoms with Crippen LogP contribution < -0.4 is 10.5 Å². The maximum Gasteiger partial charge on any atom is 0.194 e. The van der Waals surface area contributed by atoms with Crippen LogP contribution in [0.4, 0.5) is 0 Å². The van der Waals surface area contributed by atoms with Crippen molar-refractivity contribution in [3.05, 3.63) is 52.7 Å². The molecule has 4 nitrogen and oxygen atoms in total. The molecule has 0 unspecified atom stereocenters. The highest BCUT2D eigenvalue weighted by molar-refractivity contribution is 7.17. The lowest BCUT2D eigenvalue weighted by Gasteiger charge is -2.07. The maximum atomic E-state index is 6.00. The lowest BCUT2D eigenvalue weighted by molar-refractivity contribution is 0.353. The minimum Gasteiger partial charge on any atom is -0.489 e. The van der Waals surface area contributed by atoms with E-state index in [4.69, 9.17) is 15.5 Å². The fourth-order valence-electron chi connectivity index (χ4n) is 2.55. The Hall–Kier alpha value is -2.11. The first kappa shape index (κ1) is 15.8. The molecule has 0 bridgehead atoms. The number of ether oxygens (including phenoxy) is 1. The van der Waals surface area contributed by atoms with Crippen molar-refractivity contribution in [2.24, 2.45) is 5.73 Å². The van der Waals surface area contributed by atoms with Crippen molar-refractivity contribution in [3.63, 3.8) is 0 Å². The Bertz CT molecular complexity index is 859. The van der Waals surface area contributed by atoms with Gasteiger partial charge in [-0.15, -0.1) is 11.3 Å². The summed E-state index contributed by atoms with van der Waals surface area (Å²) in [7, 11) is 0. The van der Waals surface area contributed by atoms with Crippen LogP contribution >= 0.6 is 11.3 Å². The highest BCUT2D eigenvalue weighted by Gasteiger charge is 2.17. The van der Waals surface area contributed by atoms with Crippen molar-refractivity contribution >= 4 is 16.3 Å². The molecule has 120 valence electrons. The highest BCUT2D eigenvalue weighted by atomic mass is 32.1. The summed E-state index contributed by atoms with van der Waals surface area (Å²) in [6, 6.07) is 7.98. The molecular formula is C18H21N3OS. The molecule has 1 aromatic carbocycles. The van der Waals surface area contributed by atoms with Gasteiger partial charge in [0.15, 0.2) is 4.96 Å². The van der Waals surface area contributed by atoms with Crippen molar-refractivity contribution in [3.8, 4) is 17.0 Å². The second-order valence-corrected chi connectivity index (χ2v) is 6.92. The number of nitrogens with two attached hydrogens (primary N) is 1. The minimum atomic E-state index is 0.460. The van der Waals surface area contributed by atoms with Gasteiger partial charge >= 0.3 is 0 Å². The van der Waals surface area contributed by atoms with Crippen LogP contribution in [0.15, 0.2) is 36.4 Å². The van der Waals surface area contributed by atoms with E-state index < -0.39 is 0 Å². The van der Waals surface area contributed by atoms with E-state index in [0.717, 1.165) is 33.2 Å². The molecule has 0 saturated carbocycles. The van der Waals surface area contributed by atoms with Crippen LogP contribution in [0.25, 0.3) is 16.2 Å². The summed E-state index contributed by atoms with van der Waals surface area (Å²) in [5, 5.41) is 0. The first-order valence-corrected chi connectivity index (χ1v) is 8.38. The van der Waals surface area contributed by atoms with Gasteiger partial charge in [0.1, 0.15) is 12.4 Å². The van der Waals surface area contributed by atoms with E-state index in [1.165, 1.54) is 10.6 Å². The predicted molar refractivity (Wildman–Crippen MR) is 96.2 cm³/mol. The Labute approximate surface area is 140 Å². The lowest BCUT2D eigenvalue weighted by Crippen LogP contribution is -2.03. The van der Waals surface area contributed by atoms with Crippen LogP contribution in [0.2, 0.25) is 0 Å². The van der Waals surface area contributed by atoms with Gasteiger partial charge < -0.3 is 10.5 Å². The van der Waals surface area contributed by atoms with Crippen LogP contribution in [0, 0.1) is 13.8 Å². The summed E-state index contributed by atoms with van der Waals surface area (Å²) in [4.78, 5) is 7.06. The molecule has 5 heteroatoms. The second-order valence-electron chi connectivity index (χ2n) is 5.74. The number of hydrogen-bond acceptors (Lipinski definition) is 4. The van der Waals surface area contributed by atoms with Gasteiger partial charge in [0.05, 0.1) is 11.4 Å². The summed E-state index contributed by atoms with van der Waals surface area (Å²) in [5.41, 5.74) is 11.3. The molecule has 2 aromatic heterocycles. The SMILES string of the molecule is C=C(C)COc1ccc(-c2nc3sc(C)c(C)n3c2CN)cc1. The van der Waals surface area contributed by atoms with Crippen LogP contribution in [0.3, 0.4) is 0 Å². The zero-order valence-electron chi connectivity index (χ0n) is 13.7. The zero-order valence-corrected chi connectivity index (χ0v) is 14.5. The number of thiazole rings is 1. The van der Waals surface area contributed by atoms with Crippen LogP contribution in [0.5, 0.6) is 5.75 Å². The second kappa shape index (κ2) is 6.18.